The van der Waals surface area contributed by atoms with Crippen molar-refractivity contribution in [3.63, 3.8) is 0 Å². The van der Waals surface area contributed by atoms with E-state index in [2.05, 4.69) is 11.5 Å². The number of allylic oxidation sites excluding steroid dienone is 2. The minimum Gasteiger partial charge on any atom is -0.492 e. The minimum atomic E-state index is 0.910. The van der Waals surface area contributed by atoms with E-state index in [1.165, 1.54) is 0 Å². The maximum atomic E-state index is 4.91. The molecule has 0 saturated heterocycles. The lowest BCUT2D eigenvalue weighted by molar-refractivity contribution is 0.278. The van der Waals surface area contributed by atoms with Gasteiger partial charge in [0.05, 0.1) is 7.11 Å². The molecule has 0 aromatic rings. The van der Waals surface area contributed by atoms with Crippen LogP contribution in [0.2, 0.25) is 0 Å². The number of hydrogen-bond donors (Lipinski definition) is 0. The summed E-state index contributed by atoms with van der Waals surface area (Å²) in [5.41, 5.74) is 5.71. The molecule has 1 aliphatic carbocycles. The topological polar surface area (TPSA) is 9.23 Å². The molecule has 8 heavy (non-hydrogen) atoms. The molecular formula is C7H8O. The van der Waals surface area contributed by atoms with E-state index in [0.29, 0.717) is 0 Å². The predicted molar refractivity (Wildman–Crippen MR) is 31.4 cm³/mol. The minimum absolute atomic E-state index is 0.910. The van der Waals surface area contributed by atoms with Crippen LogP contribution in [0.15, 0.2) is 23.3 Å². The van der Waals surface area contributed by atoms with Gasteiger partial charge in [-0.15, -0.1) is 0 Å². The van der Waals surface area contributed by atoms with Crippen molar-refractivity contribution in [2.75, 3.05) is 7.11 Å². The maximum absolute atomic E-state index is 4.91. The molecule has 0 amide bonds. The van der Waals surface area contributed by atoms with Crippen LogP contribution in [0.25, 0.3) is 0 Å². The smallest absolute Gasteiger partial charge is 0.146 e. The second-order valence-electron chi connectivity index (χ2n) is 1.64. The van der Waals surface area contributed by atoms with Gasteiger partial charge in [-0.2, -0.15) is 0 Å². The zero-order valence-corrected chi connectivity index (χ0v) is 4.90. The van der Waals surface area contributed by atoms with Crippen LogP contribution in [-0.2, 0) is 4.74 Å². The molecule has 0 saturated carbocycles. The fourth-order valence-corrected chi connectivity index (χ4v) is 0.623. The molecule has 1 aliphatic rings. The van der Waals surface area contributed by atoms with Crippen molar-refractivity contribution >= 4 is 0 Å². The molecule has 0 bridgehead atoms. The van der Waals surface area contributed by atoms with Crippen LogP contribution in [0.5, 0.6) is 0 Å². The highest BCUT2D eigenvalue weighted by molar-refractivity contribution is 5.00. The summed E-state index contributed by atoms with van der Waals surface area (Å²) in [4.78, 5) is 0. The van der Waals surface area contributed by atoms with E-state index in [1.54, 1.807) is 7.11 Å². The molecule has 0 unspecified atom stereocenters. The van der Waals surface area contributed by atoms with Crippen LogP contribution in [0, 0.1) is 0 Å². The van der Waals surface area contributed by atoms with Crippen LogP contribution < -0.4 is 0 Å². The molecule has 0 aromatic heterocycles. The van der Waals surface area contributed by atoms with Gasteiger partial charge in [-0.05, 0) is 18.2 Å². The van der Waals surface area contributed by atoms with Gasteiger partial charge in [-0.25, -0.2) is 0 Å². The van der Waals surface area contributed by atoms with Crippen LogP contribution in [0.1, 0.15) is 12.8 Å². The van der Waals surface area contributed by atoms with Crippen molar-refractivity contribution < 1.29 is 4.74 Å². The third-order valence-corrected chi connectivity index (χ3v) is 1.08. The van der Waals surface area contributed by atoms with Gasteiger partial charge in [-0.1, -0.05) is 5.73 Å². The summed E-state index contributed by atoms with van der Waals surface area (Å²) in [6.45, 7) is 0. The van der Waals surface area contributed by atoms with Gasteiger partial charge in [0.2, 0.25) is 0 Å². The molecule has 1 heteroatoms. The van der Waals surface area contributed by atoms with E-state index in [1.807, 2.05) is 6.08 Å². The molecule has 0 heterocycles. The van der Waals surface area contributed by atoms with Crippen LogP contribution in [0.4, 0.5) is 0 Å². The molecule has 42 valence electrons. The van der Waals surface area contributed by atoms with Crippen LogP contribution >= 0.6 is 0 Å². The summed E-state index contributed by atoms with van der Waals surface area (Å²) in [6, 6.07) is 0. The van der Waals surface area contributed by atoms with Crippen molar-refractivity contribution in [2.45, 2.75) is 12.8 Å². The Morgan fingerprint density at radius 1 is 1.75 bits per heavy atom. The summed E-state index contributed by atoms with van der Waals surface area (Å²) >= 11 is 0. The molecular weight excluding hydrogens is 100 g/mol. The first-order valence-electron chi connectivity index (χ1n) is 2.66. The van der Waals surface area contributed by atoms with Gasteiger partial charge in [0.1, 0.15) is 5.76 Å². The SMILES string of the molecule is COC1=C=C=CCC1. The van der Waals surface area contributed by atoms with Gasteiger partial charge in [0.15, 0.2) is 0 Å². The summed E-state index contributed by atoms with van der Waals surface area (Å²) < 4.78 is 4.91. The second kappa shape index (κ2) is 2.42. The number of rotatable bonds is 1. The highest BCUT2D eigenvalue weighted by atomic mass is 16.5. The molecule has 0 fully saturated rings. The number of ether oxygens (including phenoxy) is 1. The zero-order chi connectivity index (χ0) is 5.82. The standard InChI is InChI=1S/C7H8O/c1-8-7-5-3-2-4-6-7/h2H,3,5H2,1H3. The Labute approximate surface area is 49.0 Å². The van der Waals surface area contributed by atoms with Gasteiger partial charge in [-0.3, -0.25) is 0 Å². The van der Waals surface area contributed by atoms with Crippen molar-refractivity contribution in [2.24, 2.45) is 0 Å². The van der Waals surface area contributed by atoms with E-state index < -0.39 is 0 Å². The molecule has 0 N–H and O–H groups in total. The summed E-state index contributed by atoms with van der Waals surface area (Å²) in [7, 11) is 1.66. The van der Waals surface area contributed by atoms with E-state index >= 15 is 0 Å². The highest BCUT2D eigenvalue weighted by Gasteiger charge is 1.93. The Kier molecular flexibility index (Phi) is 1.58. The first-order valence-corrected chi connectivity index (χ1v) is 2.66. The quantitative estimate of drug-likeness (QED) is 0.464. The lowest BCUT2D eigenvalue weighted by Gasteiger charge is -1.99. The monoisotopic (exact) mass is 108 g/mol. The fourth-order valence-electron chi connectivity index (χ4n) is 0.623. The molecule has 0 aliphatic heterocycles. The molecule has 0 atom stereocenters. The Morgan fingerprint density at radius 2 is 2.62 bits per heavy atom. The van der Waals surface area contributed by atoms with E-state index in [4.69, 9.17) is 4.74 Å². The lowest BCUT2D eigenvalue weighted by Crippen LogP contribution is -1.84. The van der Waals surface area contributed by atoms with E-state index in [9.17, 15) is 0 Å². The molecule has 1 nitrogen and oxygen atoms in total. The maximum Gasteiger partial charge on any atom is 0.146 e. The first kappa shape index (κ1) is 5.24. The lowest BCUT2D eigenvalue weighted by atomic mass is 10.2. The van der Waals surface area contributed by atoms with E-state index in [0.717, 1.165) is 18.6 Å². The van der Waals surface area contributed by atoms with Gasteiger partial charge in [0, 0.05) is 6.42 Å². The average Bonchev–Trinajstić information content (AvgIpc) is 1.90. The molecule has 0 aromatic carbocycles. The second-order valence-corrected chi connectivity index (χ2v) is 1.64. The Balaban J connectivity index is 2.79. The Morgan fingerprint density at radius 3 is 3.00 bits per heavy atom. The van der Waals surface area contributed by atoms with Crippen molar-refractivity contribution in [3.8, 4) is 0 Å². The van der Waals surface area contributed by atoms with Gasteiger partial charge < -0.3 is 4.74 Å². The van der Waals surface area contributed by atoms with Crippen molar-refractivity contribution in [1.82, 2.24) is 0 Å². The normalized spacial score (nSPS) is 15.9. The third-order valence-electron chi connectivity index (χ3n) is 1.08. The van der Waals surface area contributed by atoms with Crippen molar-refractivity contribution in [1.29, 1.82) is 0 Å². The van der Waals surface area contributed by atoms with Crippen LogP contribution in [-0.4, -0.2) is 7.11 Å². The summed E-state index contributed by atoms with van der Waals surface area (Å²) in [5.74, 6) is 0.910. The highest BCUT2D eigenvalue weighted by Crippen LogP contribution is 2.06. The summed E-state index contributed by atoms with van der Waals surface area (Å²) in [6.07, 6.45) is 3.97. The van der Waals surface area contributed by atoms with Crippen molar-refractivity contribution in [3.05, 3.63) is 23.3 Å². The predicted octanol–water partition coefficient (Wildman–Crippen LogP) is 1.62. The molecule has 1 rings (SSSR count). The third kappa shape index (κ3) is 1.04. The molecule has 0 radical (unpaired) electrons. The van der Waals surface area contributed by atoms with Gasteiger partial charge in [0.25, 0.3) is 0 Å². The Bertz CT molecular complexity index is 167. The zero-order valence-electron chi connectivity index (χ0n) is 4.90. The van der Waals surface area contributed by atoms with Crippen LogP contribution in [0.3, 0.4) is 0 Å². The van der Waals surface area contributed by atoms with Gasteiger partial charge >= 0.3 is 0 Å². The number of methoxy groups -OCH3 is 1. The first-order chi connectivity index (χ1) is 3.93. The summed E-state index contributed by atoms with van der Waals surface area (Å²) in [5, 5.41) is 0. The van der Waals surface area contributed by atoms with E-state index in [-0.39, 0.29) is 0 Å². The fraction of sp³-hybridized carbons (Fsp3) is 0.429. The largest absolute Gasteiger partial charge is 0.492 e. The average molecular weight is 108 g/mol. The Hall–Kier alpha value is -0.900. The number of hydrogen-bond acceptors (Lipinski definition) is 1. The molecule has 0 spiro atoms.